The number of piperidine rings is 1. The van der Waals surface area contributed by atoms with Gasteiger partial charge in [0, 0.05) is 38.7 Å². The molecule has 0 spiro atoms. The number of benzene rings is 1. The van der Waals surface area contributed by atoms with Gasteiger partial charge in [-0.2, -0.15) is 5.10 Å². The maximum absolute atomic E-state index is 8.63. The van der Waals surface area contributed by atoms with Crippen LogP contribution in [0.25, 0.3) is 10.9 Å². The summed E-state index contributed by atoms with van der Waals surface area (Å²) in [6.07, 6.45) is 6.36. The number of methoxy groups -OCH3 is 1. The third-order valence-corrected chi connectivity index (χ3v) is 5.76. The predicted octanol–water partition coefficient (Wildman–Crippen LogP) is 3.03. The Hall–Kier alpha value is -2.54. The van der Waals surface area contributed by atoms with Crippen LogP contribution in [0.1, 0.15) is 38.3 Å². The quantitative estimate of drug-likeness (QED) is 0.640. The molecule has 150 valence electrons. The summed E-state index contributed by atoms with van der Waals surface area (Å²) in [5.41, 5.74) is 1.90. The molecule has 1 aliphatic carbocycles. The van der Waals surface area contributed by atoms with E-state index in [0.29, 0.717) is 17.5 Å². The average molecular weight is 383 g/mol. The van der Waals surface area contributed by atoms with Crippen molar-refractivity contribution >= 4 is 16.6 Å². The molecule has 28 heavy (non-hydrogen) atoms. The first-order valence-electron chi connectivity index (χ1n) is 9.94. The molecule has 1 saturated heterocycles. The summed E-state index contributed by atoms with van der Waals surface area (Å²) in [5.74, 6) is 1.77. The lowest BCUT2D eigenvalue weighted by Gasteiger charge is -2.34. The van der Waals surface area contributed by atoms with Crippen molar-refractivity contribution in [1.29, 1.82) is 5.41 Å². The van der Waals surface area contributed by atoms with Gasteiger partial charge in [-0.1, -0.05) is 0 Å². The first-order valence-corrected chi connectivity index (χ1v) is 9.94. The molecule has 2 heterocycles. The van der Waals surface area contributed by atoms with E-state index in [-0.39, 0.29) is 5.60 Å². The average Bonchev–Trinajstić information content (AvgIpc) is 3.28. The molecule has 0 amide bonds. The van der Waals surface area contributed by atoms with Crippen LogP contribution in [0, 0.1) is 5.41 Å². The largest absolute Gasteiger partial charge is 0.488 e. The molecule has 1 saturated carbocycles. The Morgan fingerprint density at radius 3 is 2.75 bits per heavy atom. The van der Waals surface area contributed by atoms with Gasteiger partial charge >= 0.3 is 0 Å². The molecule has 1 aliphatic heterocycles. The molecule has 0 bridgehead atoms. The van der Waals surface area contributed by atoms with Crippen LogP contribution < -0.4 is 10.1 Å². The number of hydrogen-bond donors (Lipinski definition) is 3. The Balaban J connectivity index is 1.55. The lowest BCUT2D eigenvalue weighted by Crippen LogP contribution is -2.39. The molecule has 2 aliphatic rings. The highest BCUT2D eigenvalue weighted by atomic mass is 16.5. The first-order chi connectivity index (χ1) is 13.5. The monoisotopic (exact) mass is 383 g/mol. The van der Waals surface area contributed by atoms with Gasteiger partial charge in [0.25, 0.3) is 0 Å². The van der Waals surface area contributed by atoms with Gasteiger partial charge in [-0.15, -0.1) is 0 Å². The van der Waals surface area contributed by atoms with E-state index in [2.05, 4.69) is 27.3 Å². The number of fused-ring (bicyclic) bond motifs is 1. The van der Waals surface area contributed by atoms with Crippen molar-refractivity contribution in [3.63, 3.8) is 0 Å². The molecule has 7 nitrogen and oxygen atoms in total. The molecule has 0 radical (unpaired) electrons. The molecular weight excluding hydrogens is 354 g/mol. The third kappa shape index (κ3) is 3.85. The maximum Gasteiger partial charge on any atom is 0.120 e. The number of allylic oxidation sites excluding steroid dienone is 1. The van der Waals surface area contributed by atoms with Gasteiger partial charge in [0.15, 0.2) is 0 Å². The SMILES string of the molecule is CN/C(=C\C(=N)c1n[nH]c2ccc(OC3(C)CC3)cc12)N1CCC(OC)CC1. The predicted molar refractivity (Wildman–Crippen MR) is 110 cm³/mol. The Labute approximate surface area is 165 Å². The van der Waals surface area contributed by atoms with Gasteiger partial charge < -0.3 is 19.7 Å². The second-order valence-corrected chi connectivity index (χ2v) is 7.95. The topological polar surface area (TPSA) is 86.3 Å². The highest BCUT2D eigenvalue weighted by Gasteiger charge is 2.40. The molecule has 3 N–H and O–H groups in total. The van der Waals surface area contributed by atoms with E-state index in [4.69, 9.17) is 14.9 Å². The Bertz CT molecular complexity index is 891. The summed E-state index contributed by atoms with van der Waals surface area (Å²) in [7, 11) is 3.67. The van der Waals surface area contributed by atoms with Crippen LogP contribution >= 0.6 is 0 Å². The summed E-state index contributed by atoms with van der Waals surface area (Å²) in [6, 6.07) is 5.92. The number of aromatic nitrogens is 2. The van der Waals surface area contributed by atoms with Crippen LogP contribution in [0.5, 0.6) is 5.75 Å². The van der Waals surface area contributed by atoms with Gasteiger partial charge in [0.05, 0.1) is 17.3 Å². The second-order valence-electron chi connectivity index (χ2n) is 7.95. The van der Waals surface area contributed by atoms with Crippen LogP contribution in [0.15, 0.2) is 30.1 Å². The molecule has 0 atom stereocenters. The third-order valence-electron chi connectivity index (χ3n) is 5.76. The number of H-pyrrole nitrogens is 1. The molecule has 1 aromatic heterocycles. The molecule has 7 heteroatoms. The summed E-state index contributed by atoms with van der Waals surface area (Å²) in [5, 5.41) is 20.2. The minimum absolute atomic E-state index is 0.0292. The molecule has 2 fully saturated rings. The van der Waals surface area contributed by atoms with Gasteiger partial charge in [-0.05, 0) is 50.8 Å². The number of likely N-dealkylation sites (tertiary alicyclic amines) is 1. The van der Waals surface area contributed by atoms with E-state index >= 15 is 0 Å². The summed E-state index contributed by atoms with van der Waals surface area (Å²) >= 11 is 0. The molecular formula is C21H29N5O2. The Morgan fingerprint density at radius 2 is 2.11 bits per heavy atom. The first kappa shape index (κ1) is 18.8. The smallest absolute Gasteiger partial charge is 0.120 e. The fourth-order valence-corrected chi connectivity index (χ4v) is 3.68. The van der Waals surface area contributed by atoms with Crippen molar-refractivity contribution in [3.05, 3.63) is 35.8 Å². The zero-order chi connectivity index (χ0) is 19.7. The van der Waals surface area contributed by atoms with E-state index in [1.54, 1.807) is 7.11 Å². The number of nitrogens with one attached hydrogen (secondary N) is 3. The van der Waals surface area contributed by atoms with Crippen LogP contribution in [-0.4, -0.2) is 59.8 Å². The number of aromatic amines is 1. The lowest BCUT2D eigenvalue weighted by atomic mass is 10.1. The van der Waals surface area contributed by atoms with Crippen molar-refractivity contribution in [1.82, 2.24) is 20.4 Å². The lowest BCUT2D eigenvalue weighted by molar-refractivity contribution is 0.0488. The minimum Gasteiger partial charge on any atom is -0.488 e. The van der Waals surface area contributed by atoms with Crippen molar-refractivity contribution < 1.29 is 9.47 Å². The highest BCUT2D eigenvalue weighted by molar-refractivity contribution is 6.13. The standard InChI is InChI=1S/C21H29N5O2/c1-21(8-9-21)28-15-4-5-18-16(12-15)20(25-24-18)17(22)13-19(23-2)26-10-6-14(27-3)7-11-26/h4-5,12-14,22-23H,6-11H2,1-3H3,(H,24,25)/b19-13+,22-17?. The summed E-state index contributed by atoms with van der Waals surface area (Å²) < 4.78 is 11.5. The molecule has 2 aromatic rings. The number of rotatable bonds is 7. The minimum atomic E-state index is -0.0292. The number of nitrogens with zero attached hydrogens (tertiary/aromatic N) is 2. The normalized spacial score (nSPS) is 19.7. The second kappa shape index (κ2) is 7.47. The molecule has 1 aromatic carbocycles. The van der Waals surface area contributed by atoms with Gasteiger partial charge in [0.1, 0.15) is 22.9 Å². The Morgan fingerprint density at radius 1 is 1.36 bits per heavy atom. The van der Waals surface area contributed by atoms with Crippen LogP contribution in [0.4, 0.5) is 0 Å². The van der Waals surface area contributed by atoms with Crippen LogP contribution in [0.2, 0.25) is 0 Å². The van der Waals surface area contributed by atoms with Gasteiger partial charge in [-0.3, -0.25) is 10.5 Å². The van der Waals surface area contributed by atoms with E-state index in [1.165, 1.54) is 0 Å². The van der Waals surface area contributed by atoms with E-state index in [0.717, 1.165) is 61.2 Å². The van der Waals surface area contributed by atoms with Crippen LogP contribution in [-0.2, 0) is 4.74 Å². The van der Waals surface area contributed by atoms with Crippen molar-refractivity contribution in [3.8, 4) is 5.75 Å². The highest BCUT2D eigenvalue weighted by Crippen LogP contribution is 2.40. The van der Waals surface area contributed by atoms with E-state index < -0.39 is 0 Å². The van der Waals surface area contributed by atoms with E-state index in [1.807, 2.05) is 31.3 Å². The zero-order valence-electron chi connectivity index (χ0n) is 16.8. The molecule has 0 unspecified atom stereocenters. The number of hydrogen-bond acceptors (Lipinski definition) is 6. The Kier molecular flexibility index (Phi) is 5.02. The number of ether oxygens (including phenoxy) is 2. The fraction of sp³-hybridized carbons (Fsp3) is 0.524. The fourth-order valence-electron chi connectivity index (χ4n) is 3.68. The van der Waals surface area contributed by atoms with Crippen molar-refractivity contribution in [2.24, 2.45) is 0 Å². The summed E-state index contributed by atoms with van der Waals surface area (Å²) in [4.78, 5) is 2.27. The summed E-state index contributed by atoms with van der Waals surface area (Å²) in [6.45, 7) is 3.96. The van der Waals surface area contributed by atoms with Crippen molar-refractivity contribution in [2.75, 3.05) is 27.2 Å². The van der Waals surface area contributed by atoms with Crippen molar-refractivity contribution in [2.45, 2.75) is 44.3 Å². The maximum atomic E-state index is 8.63. The molecule has 4 rings (SSSR count). The van der Waals surface area contributed by atoms with E-state index in [9.17, 15) is 0 Å². The zero-order valence-corrected chi connectivity index (χ0v) is 16.8. The van der Waals surface area contributed by atoms with Gasteiger partial charge in [0.2, 0.25) is 0 Å². The van der Waals surface area contributed by atoms with Gasteiger partial charge in [-0.25, -0.2) is 0 Å². The van der Waals surface area contributed by atoms with Crippen LogP contribution in [0.3, 0.4) is 0 Å².